The fourth-order valence-electron chi connectivity index (χ4n) is 2.00. The molecule has 24 heavy (non-hydrogen) atoms. The van der Waals surface area contributed by atoms with E-state index < -0.39 is 0 Å². The van der Waals surface area contributed by atoms with Crippen molar-refractivity contribution in [2.24, 2.45) is 5.10 Å². The Balaban J connectivity index is 2.14. The summed E-state index contributed by atoms with van der Waals surface area (Å²) in [6.07, 6.45) is 1.50. The Morgan fingerprint density at radius 3 is 2.46 bits per heavy atom. The van der Waals surface area contributed by atoms with Crippen molar-refractivity contribution in [2.45, 2.75) is 0 Å². The molecule has 0 fully saturated rings. The quantitative estimate of drug-likeness (QED) is 0.605. The van der Waals surface area contributed by atoms with E-state index in [9.17, 15) is 4.79 Å². The van der Waals surface area contributed by atoms with Crippen LogP contribution >= 0.6 is 15.9 Å². The number of nitrogens with zero attached hydrogens (tertiary/aromatic N) is 1. The van der Waals surface area contributed by atoms with Crippen LogP contribution in [0.5, 0.6) is 17.2 Å². The second-order valence-corrected chi connectivity index (χ2v) is 5.57. The first-order valence-electron chi connectivity index (χ1n) is 6.98. The lowest BCUT2D eigenvalue weighted by Crippen LogP contribution is -2.18. The molecule has 1 N–H and O–H groups in total. The number of hydrogen-bond donors (Lipinski definition) is 1. The maximum Gasteiger partial charge on any atom is 0.275 e. The van der Waals surface area contributed by atoms with E-state index in [-0.39, 0.29) is 5.91 Å². The molecule has 1 amide bonds. The van der Waals surface area contributed by atoms with Gasteiger partial charge >= 0.3 is 0 Å². The molecule has 0 spiro atoms. The third-order valence-corrected chi connectivity index (χ3v) is 3.71. The lowest BCUT2D eigenvalue weighted by atomic mass is 10.2. The monoisotopic (exact) mass is 392 g/mol. The Bertz CT molecular complexity index is 762. The van der Waals surface area contributed by atoms with Gasteiger partial charge in [0.05, 0.1) is 33.1 Å². The molecule has 0 saturated heterocycles. The van der Waals surface area contributed by atoms with Gasteiger partial charge in [-0.1, -0.05) is 15.9 Å². The van der Waals surface area contributed by atoms with Crippen molar-refractivity contribution in [2.75, 3.05) is 21.3 Å². The minimum atomic E-state index is -0.378. The standard InChI is InChI=1S/C17H17BrN2O4/c1-22-13-6-4-11(16(9-13)24-3)10-19-20-17(21)14-8-12(18)5-7-15(14)23-2/h4-10H,1-3H3,(H,20,21)/b19-10-. The summed E-state index contributed by atoms with van der Waals surface area (Å²) in [7, 11) is 4.64. The van der Waals surface area contributed by atoms with Crippen LogP contribution in [-0.4, -0.2) is 33.5 Å². The summed E-state index contributed by atoms with van der Waals surface area (Å²) >= 11 is 3.33. The van der Waals surface area contributed by atoms with Crippen LogP contribution in [0.4, 0.5) is 0 Å². The highest BCUT2D eigenvalue weighted by Gasteiger charge is 2.12. The summed E-state index contributed by atoms with van der Waals surface area (Å²) in [6, 6.07) is 10.5. The molecule has 126 valence electrons. The number of carbonyl (C=O) groups is 1. The Morgan fingerprint density at radius 2 is 1.79 bits per heavy atom. The summed E-state index contributed by atoms with van der Waals surface area (Å²) in [5.41, 5.74) is 3.56. The maximum atomic E-state index is 12.2. The Hall–Kier alpha value is -2.54. The van der Waals surface area contributed by atoms with E-state index in [1.54, 1.807) is 50.6 Å². The molecule has 0 saturated carbocycles. The lowest BCUT2D eigenvalue weighted by molar-refractivity contribution is 0.0952. The van der Waals surface area contributed by atoms with Crippen LogP contribution in [0.3, 0.4) is 0 Å². The fraction of sp³-hybridized carbons (Fsp3) is 0.176. The van der Waals surface area contributed by atoms with Crippen molar-refractivity contribution >= 4 is 28.1 Å². The van der Waals surface area contributed by atoms with E-state index in [0.717, 1.165) is 4.47 Å². The minimum Gasteiger partial charge on any atom is -0.497 e. The summed E-state index contributed by atoms with van der Waals surface area (Å²) in [6.45, 7) is 0. The smallest absolute Gasteiger partial charge is 0.275 e. The molecule has 0 bridgehead atoms. The van der Waals surface area contributed by atoms with Gasteiger partial charge in [-0.15, -0.1) is 0 Å². The number of hydrazone groups is 1. The van der Waals surface area contributed by atoms with Gasteiger partial charge in [-0.2, -0.15) is 5.10 Å². The first-order valence-corrected chi connectivity index (χ1v) is 7.77. The molecule has 0 unspecified atom stereocenters. The Kier molecular flexibility index (Phi) is 6.20. The second-order valence-electron chi connectivity index (χ2n) is 4.65. The number of ether oxygens (including phenoxy) is 3. The molecule has 7 heteroatoms. The average molecular weight is 393 g/mol. The first kappa shape index (κ1) is 17.8. The zero-order valence-electron chi connectivity index (χ0n) is 13.5. The van der Waals surface area contributed by atoms with E-state index in [2.05, 4.69) is 26.5 Å². The van der Waals surface area contributed by atoms with Gasteiger partial charge in [0.2, 0.25) is 0 Å². The van der Waals surface area contributed by atoms with Crippen molar-refractivity contribution in [3.05, 3.63) is 52.0 Å². The number of halogens is 1. The number of nitrogens with one attached hydrogen (secondary N) is 1. The molecule has 2 aromatic rings. The van der Waals surface area contributed by atoms with Crippen molar-refractivity contribution in [1.29, 1.82) is 0 Å². The molecule has 2 rings (SSSR count). The molecule has 0 aliphatic heterocycles. The van der Waals surface area contributed by atoms with Gasteiger partial charge in [0.25, 0.3) is 5.91 Å². The first-order chi connectivity index (χ1) is 11.6. The van der Waals surface area contributed by atoms with E-state index in [1.807, 2.05) is 0 Å². The highest BCUT2D eigenvalue weighted by molar-refractivity contribution is 9.10. The highest BCUT2D eigenvalue weighted by atomic mass is 79.9. The van der Waals surface area contributed by atoms with Gasteiger partial charge in [0, 0.05) is 16.1 Å². The van der Waals surface area contributed by atoms with Crippen molar-refractivity contribution in [3.8, 4) is 17.2 Å². The second kappa shape index (κ2) is 8.35. The summed E-state index contributed by atoms with van der Waals surface area (Å²) < 4.78 is 16.4. The summed E-state index contributed by atoms with van der Waals surface area (Å²) in [5.74, 6) is 1.35. The molecule has 0 aromatic heterocycles. The number of methoxy groups -OCH3 is 3. The number of carbonyl (C=O) groups excluding carboxylic acids is 1. The summed E-state index contributed by atoms with van der Waals surface area (Å²) in [4.78, 5) is 12.2. The van der Waals surface area contributed by atoms with Crippen LogP contribution in [0.2, 0.25) is 0 Å². The van der Waals surface area contributed by atoms with E-state index in [4.69, 9.17) is 14.2 Å². The number of hydrogen-bond acceptors (Lipinski definition) is 5. The van der Waals surface area contributed by atoms with Gasteiger partial charge in [-0.3, -0.25) is 4.79 Å². The average Bonchev–Trinajstić information content (AvgIpc) is 2.61. The Labute approximate surface area is 148 Å². The van der Waals surface area contributed by atoms with Crippen molar-refractivity contribution in [1.82, 2.24) is 5.43 Å². The molecule has 2 aromatic carbocycles. The Morgan fingerprint density at radius 1 is 1.04 bits per heavy atom. The van der Waals surface area contributed by atoms with Crippen LogP contribution in [-0.2, 0) is 0 Å². The number of benzene rings is 2. The van der Waals surface area contributed by atoms with Crippen LogP contribution in [0.1, 0.15) is 15.9 Å². The summed E-state index contributed by atoms with van der Waals surface area (Å²) in [5, 5.41) is 3.97. The van der Waals surface area contributed by atoms with Crippen LogP contribution < -0.4 is 19.6 Å². The minimum absolute atomic E-state index is 0.378. The number of amides is 1. The van der Waals surface area contributed by atoms with Crippen molar-refractivity contribution < 1.29 is 19.0 Å². The fourth-order valence-corrected chi connectivity index (χ4v) is 2.36. The molecule has 0 aliphatic carbocycles. The third kappa shape index (κ3) is 4.26. The van der Waals surface area contributed by atoms with Crippen molar-refractivity contribution in [3.63, 3.8) is 0 Å². The zero-order chi connectivity index (χ0) is 17.5. The molecular weight excluding hydrogens is 376 g/mol. The van der Waals surface area contributed by atoms with Gasteiger partial charge in [-0.05, 0) is 30.3 Å². The van der Waals surface area contributed by atoms with Crippen LogP contribution in [0.25, 0.3) is 0 Å². The van der Waals surface area contributed by atoms with Gasteiger partial charge in [-0.25, -0.2) is 5.43 Å². The number of rotatable bonds is 6. The van der Waals surface area contributed by atoms with Crippen LogP contribution in [0, 0.1) is 0 Å². The topological polar surface area (TPSA) is 69.2 Å². The SMILES string of the molecule is COc1ccc(/C=N\NC(=O)c2cc(Br)ccc2OC)c(OC)c1. The van der Waals surface area contributed by atoms with Gasteiger partial charge < -0.3 is 14.2 Å². The predicted molar refractivity (Wildman–Crippen MR) is 95.3 cm³/mol. The van der Waals surface area contributed by atoms with E-state index >= 15 is 0 Å². The molecular formula is C17H17BrN2O4. The maximum absolute atomic E-state index is 12.2. The largest absolute Gasteiger partial charge is 0.497 e. The normalized spacial score (nSPS) is 10.5. The predicted octanol–water partition coefficient (Wildman–Crippen LogP) is 3.24. The molecule has 0 atom stereocenters. The van der Waals surface area contributed by atoms with Gasteiger partial charge in [0.1, 0.15) is 17.2 Å². The van der Waals surface area contributed by atoms with Crippen LogP contribution in [0.15, 0.2) is 46.0 Å². The third-order valence-electron chi connectivity index (χ3n) is 3.22. The van der Waals surface area contributed by atoms with E-state index in [1.165, 1.54) is 13.3 Å². The molecule has 0 aliphatic rings. The molecule has 6 nitrogen and oxygen atoms in total. The highest BCUT2D eigenvalue weighted by Crippen LogP contribution is 2.24. The van der Waals surface area contributed by atoms with E-state index in [0.29, 0.717) is 28.4 Å². The van der Waals surface area contributed by atoms with Gasteiger partial charge in [0.15, 0.2) is 0 Å². The lowest BCUT2D eigenvalue weighted by Gasteiger charge is -2.08. The zero-order valence-corrected chi connectivity index (χ0v) is 15.1. The molecule has 0 heterocycles. The molecule has 0 radical (unpaired) electrons.